The Kier molecular flexibility index (Phi) is 5.16. The van der Waals surface area contributed by atoms with Crippen LogP contribution in [0.25, 0.3) is 0 Å². The van der Waals surface area contributed by atoms with Crippen LogP contribution in [0.4, 0.5) is 14.9 Å². The lowest BCUT2D eigenvalue weighted by Gasteiger charge is -2.42. The zero-order valence-electron chi connectivity index (χ0n) is 16.0. The van der Waals surface area contributed by atoms with Crippen LogP contribution in [0.15, 0.2) is 23.2 Å². The molecular formula is C19H26FN3O3S. The van der Waals surface area contributed by atoms with Crippen molar-refractivity contribution in [3.05, 3.63) is 29.6 Å². The van der Waals surface area contributed by atoms with E-state index in [9.17, 15) is 14.3 Å². The van der Waals surface area contributed by atoms with Crippen molar-refractivity contribution in [3.8, 4) is 0 Å². The van der Waals surface area contributed by atoms with Gasteiger partial charge in [0.25, 0.3) is 0 Å². The number of nitrogens with zero attached hydrogens (tertiary/aromatic N) is 2. The number of benzene rings is 1. The highest BCUT2D eigenvalue weighted by molar-refractivity contribution is 8.13. The van der Waals surface area contributed by atoms with Gasteiger partial charge in [-0.2, -0.15) is 0 Å². The summed E-state index contributed by atoms with van der Waals surface area (Å²) in [4.78, 5) is 18.1. The first-order valence-electron chi connectivity index (χ1n) is 8.94. The largest absolute Gasteiger partial charge is 0.465 e. The molecule has 0 spiro atoms. The van der Waals surface area contributed by atoms with E-state index in [1.165, 1.54) is 28.8 Å². The first-order valence-corrected chi connectivity index (χ1v) is 9.93. The quantitative estimate of drug-likeness (QED) is 0.741. The van der Waals surface area contributed by atoms with Crippen LogP contribution >= 0.6 is 11.8 Å². The fraction of sp³-hybridized carbons (Fsp3) is 0.579. The Hall–Kier alpha value is -1.80. The van der Waals surface area contributed by atoms with Crippen LogP contribution in [0.1, 0.15) is 39.2 Å². The number of hydrogen-bond donors (Lipinski definition) is 2. The summed E-state index contributed by atoms with van der Waals surface area (Å²) in [5, 5.41) is 10.2. The molecule has 1 fully saturated rings. The van der Waals surface area contributed by atoms with Crippen molar-refractivity contribution in [2.24, 2.45) is 10.9 Å². The highest BCUT2D eigenvalue weighted by Gasteiger charge is 2.54. The molecule has 1 aliphatic heterocycles. The van der Waals surface area contributed by atoms with Gasteiger partial charge in [0.15, 0.2) is 5.17 Å². The van der Waals surface area contributed by atoms with E-state index in [-0.39, 0.29) is 17.8 Å². The number of thioether (sulfide) groups is 1. The number of halogens is 1. The molecule has 1 saturated carbocycles. The van der Waals surface area contributed by atoms with Crippen LogP contribution in [-0.2, 0) is 10.3 Å². The van der Waals surface area contributed by atoms with E-state index in [1.807, 2.05) is 20.8 Å². The van der Waals surface area contributed by atoms with Crippen molar-refractivity contribution in [3.63, 3.8) is 0 Å². The molecule has 1 aromatic carbocycles. The SMILES string of the molecule is CO[C@H]1CC[C@@]2(c3cc(N)ccc3F)N=C(N(C(=O)O)C(C)(C)C)SC[C@H]12. The number of nitrogen functional groups attached to an aromatic ring is 1. The summed E-state index contributed by atoms with van der Waals surface area (Å²) in [6.45, 7) is 5.45. The average Bonchev–Trinajstić information content (AvgIpc) is 2.94. The smallest absolute Gasteiger partial charge is 0.413 e. The van der Waals surface area contributed by atoms with E-state index in [2.05, 4.69) is 0 Å². The van der Waals surface area contributed by atoms with Gasteiger partial charge < -0.3 is 15.6 Å². The number of carbonyl (C=O) groups is 1. The Morgan fingerprint density at radius 3 is 2.78 bits per heavy atom. The second-order valence-corrected chi connectivity index (χ2v) is 9.06. The summed E-state index contributed by atoms with van der Waals surface area (Å²) in [5.41, 5.74) is 5.27. The number of anilines is 1. The van der Waals surface area contributed by atoms with E-state index in [4.69, 9.17) is 15.5 Å². The molecule has 3 atom stereocenters. The molecule has 1 aliphatic carbocycles. The van der Waals surface area contributed by atoms with Gasteiger partial charge >= 0.3 is 6.09 Å². The van der Waals surface area contributed by atoms with Gasteiger partial charge in [0, 0.05) is 35.6 Å². The van der Waals surface area contributed by atoms with Crippen LogP contribution in [0, 0.1) is 11.7 Å². The summed E-state index contributed by atoms with van der Waals surface area (Å²) >= 11 is 1.39. The second kappa shape index (κ2) is 6.98. The molecule has 6 nitrogen and oxygen atoms in total. The average molecular weight is 396 g/mol. The molecule has 1 aromatic rings. The van der Waals surface area contributed by atoms with Gasteiger partial charge in [-0.3, -0.25) is 4.90 Å². The first-order chi connectivity index (χ1) is 12.6. The third-order valence-electron chi connectivity index (χ3n) is 5.37. The van der Waals surface area contributed by atoms with Crippen molar-refractivity contribution in [2.75, 3.05) is 18.6 Å². The van der Waals surface area contributed by atoms with E-state index >= 15 is 0 Å². The van der Waals surface area contributed by atoms with E-state index in [1.54, 1.807) is 13.2 Å². The topological polar surface area (TPSA) is 88.2 Å². The van der Waals surface area contributed by atoms with Gasteiger partial charge in [0.1, 0.15) is 5.82 Å². The molecule has 148 valence electrons. The van der Waals surface area contributed by atoms with Crippen molar-refractivity contribution in [1.29, 1.82) is 0 Å². The minimum atomic E-state index is -1.07. The summed E-state index contributed by atoms with van der Waals surface area (Å²) in [7, 11) is 1.65. The van der Waals surface area contributed by atoms with Gasteiger partial charge in [-0.15, -0.1) is 0 Å². The number of fused-ring (bicyclic) bond motifs is 1. The molecule has 0 aromatic heterocycles. The molecule has 0 radical (unpaired) electrons. The highest BCUT2D eigenvalue weighted by atomic mass is 32.2. The molecule has 1 heterocycles. The van der Waals surface area contributed by atoms with Crippen molar-refractivity contribution in [2.45, 2.75) is 50.8 Å². The number of hydrogen-bond acceptors (Lipinski definition) is 5. The number of methoxy groups -OCH3 is 1. The Bertz CT molecular complexity index is 780. The maximum atomic E-state index is 14.8. The summed E-state index contributed by atoms with van der Waals surface area (Å²) in [6.07, 6.45) is 0.182. The van der Waals surface area contributed by atoms with E-state index < -0.39 is 17.2 Å². The Morgan fingerprint density at radius 2 is 2.19 bits per heavy atom. The third kappa shape index (κ3) is 3.40. The number of amides is 1. The van der Waals surface area contributed by atoms with Gasteiger partial charge in [0.05, 0.1) is 11.6 Å². The molecular weight excluding hydrogens is 369 g/mol. The van der Waals surface area contributed by atoms with Gasteiger partial charge in [0.2, 0.25) is 0 Å². The van der Waals surface area contributed by atoms with Crippen molar-refractivity contribution < 1.29 is 19.0 Å². The molecule has 0 saturated heterocycles. The number of ether oxygens (including phenoxy) is 1. The van der Waals surface area contributed by atoms with Crippen LogP contribution in [0.2, 0.25) is 0 Å². The highest BCUT2D eigenvalue weighted by Crippen LogP contribution is 2.53. The predicted molar refractivity (Wildman–Crippen MR) is 106 cm³/mol. The van der Waals surface area contributed by atoms with Crippen LogP contribution in [0.5, 0.6) is 0 Å². The molecule has 27 heavy (non-hydrogen) atoms. The lowest BCUT2D eigenvalue weighted by atomic mass is 9.80. The Labute approximate surface area is 163 Å². The lowest BCUT2D eigenvalue weighted by Crippen LogP contribution is -2.51. The maximum absolute atomic E-state index is 14.8. The number of carboxylic acid groups (broad SMARTS) is 1. The molecule has 3 rings (SSSR count). The van der Waals surface area contributed by atoms with E-state index in [0.29, 0.717) is 28.6 Å². The van der Waals surface area contributed by atoms with Gasteiger partial charge in [-0.05, 0) is 51.8 Å². The molecule has 8 heteroatoms. The van der Waals surface area contributed by atoms with E-state index in [0.717, 1.165) is 6.42 Å². The van der Waals surface area contributed by atoms with Gasteiger partial charge in [-0.1, -0.05) is 11.8 Å². The fourth-order valence-electron chi connectivity index (χ4n) is 4.13. The number of amidine groups is 1. The number of aliphatic imine (C=N–C) groups is 1. The van der Waals surface area contributed by atoms with Crippen LogP contribution < -0.4 is 5.73 Å². The predicted octanol–water partition coefficient (Wildman–Crippen LogP) is 3.91. The Morgan fingerprint density at radius 1 is 1.48 bits per heavy atom. The maximum Gasteiger partial charge on any atom is 0.413 e. The number of nitrogens with two attached hydrogens (primary N) is 1. The fourth-order valence-corrected chi connectivity index (χ4v) is 5.66. The molecule has 0 unspecified atom stereocenters. The Balaban J connectivity index is 2.19. The minimum Gasteiger partial charge on any atom is -0.465 e. The van der Waals surface area contributed by atoms with Crippen molar-refractivity contribution >= 4 is 28.7 Å². The molecule has 3 N–H and O–H groups in total. The standard InChI is InChI=1S/C19H26FN3O3S/c1-18(2,3)23(17(24)25)16-22-19(12-9-11(21)5-6-14(12)20)8-7-15(26-4)13(19)10-27-16/h5-6,9,13,15H,7-8,10,21H2,1-4H3,(H,24,25)/t13-,15+,19+/m1/s1. The normalized spacial score (nSPS) is 27.8. The minimum absolute atomic E-state index is 0.0526. The summed E-state index contributed by atoms with van der Waals surface area (Å²) < 4.78 is 20.5. The summed E-state index contributed by atoms with van der Waals surface area (Å²) in [5.74, 6) is 0.174. The summed E-state index contributed by atoms with van der Waals surface area (Å²) in [6, 6.07) is 4.50. The van der Waals surface area contributed by atoms with Gasteiger partial charge in [-0.25, -0.2) is 14.2 Å². The number of rotatable bonds is 2. The lowest BCUT2D eigenvalue weighted by molar-refractivity contribution is 0.0640. The molecule has 2 aliphatic rings. The second-order valence-electron chi connectivity index (χ2n) is 8.08. The monoisotopic (exact) mass is 395 g/mol. The third-order valence-corrected chi connectivity index (χ3v) is 6.43. The molecule has 1 amide bonds. The van der Waals surface area contributed by atoms with Crippen LogP contribution in [0.3, 0.4) is 0 Å². The zero-order chi connectivity index (χ0) is 20.0. The van der Waals surface area contributed by atoms with Crippen LogP contribution in [-0.4, -0.2) is 45.8 Å². The zero-order valence-corrected chi connectivity index (χ0v) is 16.8. The van der Waals surface area contributed by atoms with Crippen molar-refractivity contribution in [1.82, 2.24) is 4.90 Å². The molecule has 0 bridgehead atoms. The first kappa shape index (κ1) is 19.9.